The van der Waals surface area contributed by atoms with Crippen molar-refractivity contribution in [3.05, 3.63) is 46.2 Å². The zero-order valence-corrected chi connectivity index (χ0v) is 11.8. The Labute approximate surface area is 120 Å². The van der Waals surface area contributed by atoms with Crippen molar-refractivity contribution in [3.8, 4) is 11.5 Å². The van der Waals surface area contributed by atoms with Crippen LogP contribution in [0.1, 0.15) is 17.4 Å². The van der Waals surface area contributed by atoms with Gasteiger partial charge in [0.25, 0.3) is 0 Å². The van der Waals surface area contributed by atoms with Gasteiger partial charge in [-0.05, 0) is 36.1 Å². The van der Waals surface area contributed by atoms with Gasteiger partial charge < -0.3 is 14.6 Å². The third kappa shape index (κ3) is 2.14. The number of hydrogen-bond acceptors (Lipinski definition) is 4. The van der Waals surface area contributed by atoms with Crippen molar-refractivity contribution >= 4 is 17.3 Å². The summed E-state index contributed by atoms with van der Waals surface area (Å²) < 4.78 is 10.6. The van der Waals surface area contributed by atoms with Crippen molar-refractivity contribution in [3.63, 3.8) is 0 Å². The summed E-state index contributed by atoms with van der Waals surface area (Å²) in [7, 11) is 0. The van der Waals surface area contributed by atoms with Gasteiger partial charge in [-0.25, -0.2) is 0 Å². The monoisotopic (exact) mass is 290 g/mol. The minimum absolute atomic E-state index is 0.188. The number of rotatable bonds is 4. The normalized spacial score (nSPS) is 15.8. The Morgan fingerprint density at radius 1 is 1.35 bits per heavy atom. The molecule has 0 aliphatic carbocycles. The predicted octanol–water partition coefficient (Wildman–Crippen LogP) is 3.06. The van der Waals surface area contributed by atoms with Crippen LogP contribution in [-0.2, 0) is 16.6 Å². The van der Waals surface area contributed by atoms with E-state index >= 15 is 0 Å². The Kier molecular flexibility index (Phi) is 3.14. The molecule has 1 aliphatic rings. The number of thiophene rings is 1. The highest BCUT2D eigenvalue weighted by atomic mass is 32.1. The van der Waals surface area contributed by atoms with Crippen molar-refractivity contribution < 1.29 is 19.4 Å². The van der Waals surface area contributed by atoms with Crippen molar-refractivity contribution in [2.24, 2.45) is 0 Å². The highest BCUT2D eigenvalue weighted by Crippen LogP contribution is 2.38. The summed E-state index contributed by atoms with van der Waals surface area (Å²) >= 11 is 1.57. The molecule has 2 aromatic rings. The van der Waals surface area contributed by atoms with E-state index in [1.165, 1.54) is 0 Å². The Balaban J connectivity index is 1.99. The molecule has 1 unspecified atom stereocenters. The van der Waals surface area contributed by atoms with Crippen LogP contribution in [0.15, 0.2) is 35.7 Å². The first-order chi connectivity index (χ1) is 9.59. The van der Waals surface area contributed by atoms with Gasteiger partial charge in [0.05, 0.1) is 5.41 Å². The fraction of sp³-hybridized carbons (Fsp3) is 0.267. The van der Waals surface area contributed by atoms with Crippen molar-refractivity contribution in [2.75, 3.05) is 6.79 Å². The Bertz CT molecular complexity index is 635. The second kappa shape index (κ2) is 4.83. The van der Waals surface area contributed by atoms with Gasteiger partial charge in [0.15, 0.2) is 11.5 Å². The van der Waals surface area contributed by atoms with E-state index in [9.17, 15) is 9.90 Å². The number of carboxylic acid groups (broad SMARTS) is 1. The molecule has 0 fully saturated rings. The molecule has 104 valence electrons. The van der Waals surface area contributed by atoms with E-state index in [1.54, 1.807) is 36.5 Å². The van der Waals surface area contributed by atoms with Crippen LogP contribution in [0.25, 0.3) is 0 Å². The largest absolute Gasteiger partial charge is 0.481 e. The van der Waals surface area contributed by atoms with E-state index in [4.69, 9.17) is 9.47 Å². The van der Waals surface area contributed by atoms with E-state index in [1.807, 2.05) is 17.5 Å². The fourth-order valence-corrected chi connectivity index (χ4v) is 3.16. The van der Waals surface area contributed by atoms with Crippen LogP contribution in [-0.4, -0.2) is 17.9 Å². The minimum Gasteiger partial charge on any atom is -0.481 e. The Morgan fingerprint density at radius 2 is 2.15 bits per heavy atom. The lowest BCUT2D eigenvalue weighted by Crippen LogP contribution is -2.34. The van der Waals surface area contributed by atoms with Gasteiger partial charge in [0, 0.05) is 11.3 Å². The number of fused-ring (bicyclic) bond motifs is 1. The number of ether oxygens (including phenoxy) is 2. The predicted molar refractivity (Wildman–Crippen MR) is 75.6 cm³/mol. The van der Waals surface area contributed by atoms with Crippen LogP contribution in [0.4, 0.5) is 0 Å². The Morgan fingerprint density at radius 3 is 2.85 bits per heavy atom. The molecule has 0 saturated heterocycles. The number of benzene rings is 1. The first-order valence-electron chi connectivity index (χ1n) is 6.25. The minimum atomic E-state index is -0.980. The van der Waals surface area contributed by atoms with E-state index in [0.29, 0.717) is 17.9 Å². The zero-order chi connectivity index (χ0) is 14.2. The summed E-state index contributed by atoms with van der Waals surface area (Å²) in [6, 6.07) is 9.23. The van der Waals surface area contributed by atoms with Crippen molar-refractivity contribution in [1.29, 1.82) is 0 Å². The quantitative estimate of drug-likeness (QED) is 0.940. The second-order valence-corrected chi connectivity index (χ2v) is 5.99. The van der Waals surface area contributed by atoms with E-state index in [0.717, 1.165) is 10.4 Å². The van der Waals surface area contributed by atoms with Crippen LogP contribution >= 0.6 is 11.3 Å². The molecule has 4 nitrogen and oxygen atoms in total. The summed E-state index contributed by atoms with van der Waals surface area (Å²) in [4.78, 5) is 12.8. The van der Waals surface area contributed by atoms with E-state index in [2.05, 4.69) is 0 Å². The zero-order valence-electron chi connectivity index (χ0n) is 11.0. The molecule has 0 radical (unpaired) electrons. The van der Waals surface area contributed by atoms with Gasteiger partial charge in [0.1, 0.15) is 0 Å². The summed E-state index contributed by atoms with van der Waals surface area (Å²) in [6.45, 7) is 1.93. The van der Waals surface area contributed by atoms with Crippen LogP contribution in [0, 0.1) is 0 Å². The molecule has 5 heteroatoms. The average Bonchev–Trinajstić information content (AvgIpc) is 3.07. The van der Waals surface area contributed by atoms with E-state index < -0.39 is 11.4 Å². The maximum absolute atomic E-state index is 11.8. The third-order valence-corrected chi connectivity index (χ3v) is 4.47. The molecular formula is C15H14O4S. The average molecular weight is 290 g/mol. The van der Waals surface area contributed by atoms with Gasteiger partial charge >= 0.3 is 5.97 Å². The van der Waals surface area contributed by atoms with Crippen LogP contribution in [0.3, 0.4) is 0 Å². The van der Waals surface area contributed by atoms with Gasteiger partial charge in [-0.15, -0.1) is 11.3 Å². The standard InChI is InChI=1S/C15H14O4S/c1-15(14(16)17,8-11-3-2-6-20-11)10-4-5-12-13(7-10)19-9-18-12/h2-7H,8-9H2,1H3,(H,16,17). The SMILES string of the molecule is CC(Cc1cccs1)(C(=O)O)c1ccc2c(c1)OCO2. The highest BCUT2D eigenvalue weighted by molar-refractivity contribution is 7.09. The molecule has 0 bridgehead atoms. The van der Waals surface area contributed by atoms with Gasteiger partial charge in [-0.1, -0.05) is 12.1 Å². The van der Waals surface area contributed by atoms with Crippen molar-refractivity contribution in [1.82, 2.24) is 0 Å². The molecular weight excluding hydrogens is 276 g/mol. The van der Waals surface area contributed by atoms with Gasteiger partial charge in [-0.2, -0.15) is 0 Å². The smallest absolute Gasteiger partial charge is 0.314 e. The van der Waals surface area contributed by atoms with Crippen molar-refractivity contribution in [2.45, 2.75) is 18.8 Å². The van der Waals surface area contributed by atoms with Gasteiger partial charge in [-0.3, -0.25) is 4.79 Å². The Hall–Kier alpha value is -2.01. The molecule has 0 saturated carbocycles. The molecule has 1 aromatic heterocycles. The molecule has 1 atom stereocenters. The summed E-state index contributed by atoms with van der Waals surface area (Å²) in [6.07, 6.45) is 0.458. The van der Waals surface area contributed by atoms with Crippen LogP contribution < -0.4 is 9.47 Å². The molecule has 3 rings (SSSR count). The summed E-state index contributed by atoms with van der Waals surface area (Å²) in [5, 5.41) is 11.6. The first-order valence-corrected chi connectivity index (χ1v) is 7.13. The van der Waals surface area contributed by atoms with E-state index in [-0.39, 0.29) is 6.79 Å². The number of hydrogen-bond donors (Lipinski definition) is 1. The number of aliphatic carboxylic acids is 1. The highest BCUT2D eigenvalue weighted by Gasteiger charge is 2.36. The molecule has 1 aliphatic heterocycles. The molecule has 1 aromatic carbocycles. The van der Waals surface area contributed by atoms with Crippen LogP contribution in [0.2, 0.25) is 0 Å². The molecule has 20 heavy (non-hydrogen) atoms. The fourth-order valence-electron chi connectivity index (χ4n) is 2.30. The summed E-state index contributed by atoms with van der Waals surface area (Å²) in [5.41, 5.74) is -0.256. The third-order valence-electron chi connectivity index (χ3n) is 3.59. The van der Waals surface area contributed by atoms with Crippen LogP contribution in [0.5, 0.6) is 11.5 Å². The lowest BCUT2D eigenvalue weighted by molar-refractivity contribution is -0.143. The molecule has 1 N–H and O–H groups in total. The maximum atomic E-state index is 11.8. The topological polar surface area (TPSA) is 55.8 Å². The lowest BCUT2D eigenvalue weighted by atomic mass is 9.79. The number of carboxylic acids is 1. The second-order valence-electron chi connectivity index (χ2n) is 4.96. The van der Waals surface area contributed by atoms with Gasteiger partial charge in [0.2, 0.25) is 6.79 Å². The molecule has 0 amide bonds. The lowest BCUT2D eigenvalue weighted by Gasteiger charge is -2.25. The molecule has 0 spiro atoms. The number of carbonyl (C=O) groups is 1. The molecule has 2 heterocycles. The summed E-state index contributed by atoms with van der Waals surface area (Å²) in [5.74, 6) is 0.434. The maximum Gasteiger partial charge on any atom is 0.314 e. The first kappa shape index (κ1) is 13.0.